The van der Waals surface area contributed by atoms with E-state index < -0.39 is 0 Å². The second-order valence-corrected chi connectivity index (χ2v) is 4.32. The van der Waals surface area contributed by atoms with Crippen LogP contribution in [0.3, 0.4) is 0 Å². The Morgan fingerprint density at radius 2 is 1.87 bits per heavy atom. The van der Waals surface area contributed by atoms with Gasteiger partial charge in [-0.1, -0.05) is 18.2 Å². The van der Waals surface area contributed by atoms with E-state index in [0.29, 0.717) is 0 Å². The highest BCUT2D eigenvalue weighted by Crippen LogP contribution is 2.36. The van der Waals surface area contributed by atoms with Crippen LogP contribution in [0.4, 0.5) is 5.69 Å². The van der Waals surface area contributed by atoms with Crippen LogP contribution in [0.1, 0.15) is 29.2 Å². The van der Waals surface area contributed by atoms with Gasteiger partial charge in [-0.05, 0) is 26.8 Å². The number of rotatable bonds is 3. The largest absolute Gasteiger partial charge is 0.390 e. The molecule has 0 aromatic carbocycles. The van der Waals surface area contributed by atoms with Gasteiger partial charge in [0.15, 0.2) is 0 Å². The first-order valence-electron chi connectivity index (χ1n) is 4.87. The molecule has 0 atom stereocenters. The number of aryl methyl sites for hydroxylation is 1. The third kappa shape index (κ3) is 2.57. The summed E-state index contributed by atoms with van der Waals surface area (Å²) in [6.45, 7) is 6.08. The number of hydrogen-bond acceptors (Lipinski definition) is 2. The number of nitrogens with two attached hydrogens (primary N) is 1. The van der Waals surface area contributed by atoms with Crippen LogP contribution in [0.5, 0.6) is 0 Å². The topological polar surface area (TPSA) is 38.4 Å². The van der Waals surface area contributed by atoms with Crippen molar-refractivity contribution in [1.82, 2.24) is 0 Å². The Labute approximate surface area is 94.8 Å². The monoisotopic (exact) mass is 220 g/mol. The van der Waals surface area contributed by atoms with Crippen molar-refractivity contribution in [1.29, 1.82) is 0 Å². The molecule has 0 fully saturated rings. The maximum Gasteiger partial charge on any atom is 0.0861 e. The maximum absolute atomic E-state index is 5.35. The SMILES string of the molecule is C/C=C\c1sc(C)c(/N=C\N)c1/C=C\C. The zero-order valence-corrected chi connectivity index (χ0v) is 10.1. The highest BCUT2D eigenvalue weighted by Gasteiger charge is 2.10. The van der Waals surface area contributed by atoms with Crippen molar-refractivity contribution in [3.8, 4) is 0 Å². The van der Waals surface area contributed by atoms with Gasteiger partial charge in [-0.3, -0.25) is 0 Å². The van der Waals surface area contributed by atoms with Crippen molar-refractivity contribution in [2.75, 3.05) is 0 Å². The third-order valence-electron chi connectivity index (χ3n) is 1.97. The van der Waals surface area contributed by atoms with Gasteiger partial charge in [0, 0.05) is 15.3 Å². The quantitative estimate of drug-likeness (QED) is 0.611. The summed E-state index contributed by atoms with van der Waals surface area (Å²) in [7, 11) is 0. The minimum atomic E-state index is 0.980. The molecule has 0 aliphatic heterocycles. The predicted molar refractivity (Wildman–Crippen MR) is 70.8 cm³/mol. The molecule has 1 aromatic heterocycles. The lowest BCUT2D eigenvalue weighted by molar-refractivity contribution is 1.47. The lowest BCUT2D eigenvalue weighted by atomic mass is 10.2. The Morgan fingerprint density at radius 3 is 2.40 bits per heavy atom. The van der Waals surface area contributed by atoms with Crippen molar-refractivity contribution in [3.05, 3.63) is 27.5 Å². The Kier molecular flexibility index (Phi) is 4.31. The molecule has 1 aromatic rings. The minimum absolute atomic E-state index is 0.980. The average Bonchev–Trinajstić information content (AvgIpc) is 2.48. The van der Waals surface area contributed by atoms with Gasteiger partial charge in [-0.15, -0.1) is 11.3 Å². The van der Waals surface area contributed by atoms with Gasteiger partial charge in [0.05, 0.1) is 12.0 Å². The standard InChI is InChI=1S/C12H16N2S/c1-4-6-10-11(7-5-2)15-9(3)12(10)14-8-13/h4-8H,1-3H3,(H2,13,14)/b6-4-,7-5-. The Hall–Kier alpha value is -1.35. The van der Waals surface area contributed by atoms with Gasteiger partial charge in [-0.2, -0.15) is 0 Å². The van der Waals surface area contributed by atoms with Gasteiger partial charge in [0.25, 0.3) is 0 Å². The van der Waals surface area contributed by atoms with Gasteiger partial charge >= 0.3 is 0 Å². The molecule has 0 unspecified atom stereocenters. The van der Waals surface area contributed by atoms with E-state index in [2.05, 4.69) is 24.1 Å². The predicted octanol–water partition coefficient (Wildman–Crippen LogP) is 3.74. The highest BCUT2D eigenvalue weighted by molar-refractivity contribution is 7.13. The molecule has 0 bridgehead atoms. The van der Waals surface area contributed by atoms with E-state index in [1.807, 2.05) is 26.0 Å². The summed E-state index contributed by atoms with van der Waals surface area (Å²) in [6.07, 6.45) is 9.57. The first kappa shape index (κ1) is 11.7. The average molecular weight is 220 g/mol. The van der Waals surface area contributed by atoms with Crippen LogP contribution in [-0.4, -0.2) is 6.34 Å². The number of allylic oxidation sites excluding steroid dienone is 2. The molecule has 1 rings (SSSR count). The molecule has 0 amide bonds. The zero-order valence-electron chi connectivity index (χ0n) is 9.32. The fraction of sp³-hybridized carbons (Fsp3) is 0.250. The lowest BCUT2D eigenvalue weighted by Gasteiger charge is -1.95. The van der Waals surface area contributed by atoms with Crippen molar-refractivity contribution >= 4 is 35.5 Å². The number of aliphatic imine (C=N–C) groups is 1. The summed E-state index contributed by atoms with van der Waals surface area (Å²) in [4.78, 5) is 6.63. The lowest BCUT2D eigenvalue weighted by Crippen LogP contribution is -1.87. The van der Waals surface area contributed by atoms with Crippen LogP contribution in [0, 0.1) is 6.92 Å². The zero-order chi connectivity index (χ0) is 11.3. The highest BCUT2D eigenvalue weighted by atomic mass is 32.1. The molecule has 0 saturated carbocycles. The first-order chi connectivity index (χ1) is 7.24. The van der Waals surface area contributed by atoms with Crippen molar-refractivity contribution in [3.63, 3.8) is 0 Å². The first-order valence-corrected chi connectivity index (χ1v) is 5.69. The molecule has 0 saturated heterocycles. The fourth-order valence-corrected chi connectivity index (χ4v) is 2.48. The summed E-state index contributed by atoms with van der Waals surface area (Å²) in [5.41, 5.74) is 7.48. The van der Waals surface area contributed by atoms with Gasteiger partial charge in [0.2, 0.25) is 0 Å². The van der Waals surface area contributed by atoms with Crippen LogP contribution < -0.4 is 5.73 Å². The maximum atomic E-state index is 5.35. The van der Waals surface area contributed by atoms with Crippen LogP contribution >= 0.6 is 11.3 Å². The summed E-state index contributed by atoms with van der Waals surface area (Å²) >= 11 is 1.74. The summed E-state index contributed by atoms with van der Waals surface area (Å²) in [5.74, 6) is 0. The van der Waals surface area contributed by atoms with E-state index in [9.17, 15) is 0 Å². The third-order valence-corrected chi connectivity index (χ3v) is 3.05. The molecular formula is C12H16N2S. The molecule has 2 nitrogen and oxygen atoms in total. The van der Waals surface area contributed by atoms with Gasteiger partial charge < -0.3 is 5.73 Å². The van der Waals surface area contributed by atoms with E-state index in [-0.39, 0.29) is 0 Å². The minimum Gasteiger partial charge on any atom is -0.390 e. The van der Waals surface area contributed by atoms with Crippen LogP contribution in [0.15, 0.2) is 17.1 Å². The normalized spacial score (nSPS) is 12.5. The Morgan fingerprint density at radius 1 is 1.20 bits per heavy atom. The van der Waals surface area contributed by atoms with Gasteiger partial charge in [-0.25, -0.2) is 4.99 Å². The van der Waals surface area contributed by atoms with Gasteiger partial charge in [0.1, 0.15) is 0 Å². The fourth-order valence-electron chi connectivity index (χ4n) is 1.41. The molecule has 1 heterocycles. The van der Waals surface area contributed by atoms with Crippen molar-refractivity contribution < 1.29 is 0 Å². The molecule has 2 N–H and O–H groups in total. The summed E-state index contributed by atoms with van der Waals surface area (Å²) < 4.78 is 0. The second kappa shape index (κ2) is 5.51. The van der Waals surface area contributed by atoms with E-state index in [1.54, 1.807) is 11.3 Å². The van der Waals surface area contributed by atoms with Crippen LogP contribution in [0.25, 0.3) is 12.2 Å². The Balaban J connectivity index is 3.36. The van der Waals surface area contributed by atoms with Crippen LogP contribution in [0.2, 0.25) is 0 Å². The van der Waals surface area contributed by atoms with Crippen molar-refractivity contribution in [2.24, 2.45) is 10.7 Å². The van der Waals surface area contributed by atoms with E-state index in [0.717, 1.165) is 11.3 Å². The molecule has 0 radical (unpaired) electrons. The summed E-state index contributed by atoms with van der Waals surface area (Å²) in [5, 5.41) is 0. The Bertz CT molecular complexity index is 412. The molecule has 0 aliphatic carbocycles. The van der Waals surface area contributed by atoms with E-state index in [4.69, 9.17) is 5.73 Å². The summed E-state index contributed by atoms with van der Waals surface area (Å²) in [6, 6.07) is 0. The smallest absolute Gasteiger partial charge is 0.0861 e. The molecule has 80 valence electrons. The molecule has 15 heavy (non-hydrogen) atoms. The van der Waals surface area contributed by atoms with E-state index in [1.165, 1.54) is 16.1 Å². The number of nitrogens with zero attached hydrogens (tertiary/aromatic N) is 1. The number of thiophene rings is 1. The second-order valence-electron chi connectivity index (χ2n) is 3.06. The van der Waals surface area contributed by atoms with Crippen molar-refractivity contribution in [2.45, 2.75) is 20.8 Å². The molecule has 0 spiro atoms. The van der Waals surface area contributed by atoms with E-state index >= 15 is 0 Å². The molecule has 3 heteroatoms. The molecular weight excluding hydrogens is 204 g/mol. The molecule has 0 aliphatic rings. The van der Waals surface area contributed by atoms with Crippen LogP contribution in [-0.2, 0) is 0 Å². The number of hydrogen-bond donors (Lipinski definition) is 1.